The first-order chi connectivity index (χ1) is 32.8. The molecule has 69 heavy (non-hydrogen) atoms. The summed E-state index contributed by atoms with van der Waals surface area (Å²) in [6, 6.07) is 8.67. The molecule has 3 aromatic rings. The molecule has 2 spiro atoms. The van der Waals surface area contributed by atoms with Gasteiger partial charge in [-0.05, 0) is 98.6 Å². The van der Waals surface area contributed by atoms with Gasteiger partial charge < -0.3 is 25.8 Å². The minimum atomic E-state index is -4.68. The van der Waals surface area contributed by atoms with Crippen molar-refractivity contribution in [1.82, 2.24) is 30.7 Å². The fourth-order valence-corrected chi connectivity index (χ4v) is 12.8. The molecular formula is C52H56ClF4N7O5. The lowest BCUT2D eigenvalue weighted by molar-refractivity contribution is -0.141. The van der Waals surface area contributed by atoms with Gasteiger partial charge in [-0.15, -0.1) is 0 Å². The Kier molecular flexibility index (Phi) is 11.9. The molecule has 2 saturated carbocycles. The van der Waals surface area contributed by atoms with Crippen LogP contribution in [0.2, 0.25) is 5.02 Å². The Labute approximate surface area is 403 Å². The number of fused-ring (bicyclic) bond motifs is 3. The number of alkyl halides is 3. The molecule has 5 amide bonds. The Hall–Kier alpha value is -5.53. The highest BCUT2D eigenvalue weighted by molar-refractivity contribution is 6.30. The van der Waals surface area contributed by atoms with Crippen LogP contribution in [-0.4, -0.2) is 88.1 Å². The monoisotopic (exact) mass is 969 g/mol. The molecule has 6 heterocycles. The van der Waals surface area contributed by atoms with E-state index in [-0.39, 0.29) is 94.5 Å². The zero-order chi connectivity index (χ0) is 48.8. The normalized spacial score (nSPS) is 30.7. The average Bonchev–Trinajstić information content (AvgIpc) is 3.52. The van der Waals surface area contributed by atoms with Gasteiger partial charge in [0, 0.05) is 102 Å². The SMILES string of the molecule is CC(C)(C)C[C@@H]1N[C@@H](C(=O)NC2CCC(C(=O)N3CCC[C@@]4(C[C@@H]4C#Cc4cccc5c4CN(C4CCC(=O)NC4=O)C5=O)C3)CC2)[C@H](c2cccc(Cl)c2F)[C@]12CNc1cc(C(F)(F)F)ncc12. The van der Waals surface area contributed by atoms with Gasteiger partial charge in [0.2, 0.25) is 23.6 Å². The first kappa shape index (κ1) is 47.2. The molecular weight excluding hydrogens is 914 g/mol. The Morgan fingerprint density at radius 3 is 2.54 bits per heavy atom. The minimum absolute atomic E-state index is 0.0934. The second-order valence-electron chi connectivity index (χ2n) is 21.6. The summed E-state index contributed by atoms with van der Waals surface area (Å²) in [6.45, 7) is 7.81. The molecule has 2 aliphatic carbocycles. The summed E-state index contributed by atoms with van der Waals surface area (Å²) in [6.07, 6.45) is 2.52. The lowest BCUT2D eigenvalue weighted by Crippen LogP contribution is -2.52. The minimum Gasteiger partial charge on any atom is -0.384 e. The van der Waals surface area contributed by atoms with Gasteiger partial charge in [0.25, 0.3) is 5.91 Å². The van der Waals surface area contributed by atoms with Crippen LogP contribution in [0.15, 0.2) is 48.7 Å². The smallest absolute Gasteiger partial charge is 0.384 e. The quantitative estimate of drug-likeness (QED) is 0.115. The average molecular weight is 971 g/mol. The van der Waals surface area contributed by atoms with Crippen molar-refractivity contribution in [3.05, 3.63) is 93.0 Å². The summed E-state index contributed by atoms with van der Waals surface area (Å²) in [5.41, 5.74) is 0.456. The van der Waals surface area contributed by atoms with E-state index in [1.807, 2.05) is 31.7 Å². The number of benzene rings is 2. The summed E-state index contributed by atoms with van der Waals surface area (Å²) >= 11 is 6.38. The van der Waals surface area contributed by atoms with Gasteiger partial charge in [-0.2, -0.15) is 13.2 Å². The number of carbonyl (C=O) groups is 5. The number of halogens is 5. The summed E-state index contributed by atoms with van der Waals surface area (Å²) in [5.74, 6) is 3.88. The number of likely N-dealkylation sites (tertiary alicyclic amines) is 1. The summed E-state index contributed by atoms with van der Waals surface area (Å²) in [4.78, 5) is 73.9. The number of hydrogen-bond donors (Lipinski definition) is 4. The van der Waals surface area contributed by atoms with Gasteiger partial charge >= 0.3 is 6.18 Å². The standard InChI is InChI=1S/C52H56ClF4N7O5/c1-49(2,3)23-40-51(26-59-37-21-39(52(55,56)57)58-24-35(37)51)42(33-9-5-10-36(53)43(33)54)44(61-40)46(67)60-31-15-12-29(13-16-31)47(68)63-20-6-19-50(27-63)22-30(50)14-11-28-7-4-8-32-34(28)25-64(48(32)69)38-17-18-41(65)62-45(38)66/h4-5,7-10,21,24,29-31,38,40,42,44,59,61H,6,12-13,15-20,22-23,25-27H2,1-3H3,(H,60,67)(H,62,65,66)/t29?,30-,31?,38?,40-,42-,44+,50+,51-/m0/s1. The molecule has 7 aliphatic rings. The van der Waals surface area contributed by atoms with E-state index in [0.29, 0.717) is 56.3 Å². The number of imide groups is 1. The van der Waals surface area contributed by atoms with Crippen LogP contribution in [0.1, 0.15) is 129 Å². The van der Waals surface area contributed by atoms with Crippen molar-refractivity contribution in [3.63, 3.8) is 0 Å². The van der Waals surface area contributed by atoms with Gasteiger partial charge in [-0.1, -0.05) is 62.4 Å². The first-order valence-electron chi connectivity index (χ1n) is 24.2. The van der Waals surface area contributed by atoms with Crippen molar-refractivity contribution < 1.29 is 41.5 Å². The fraction of sp³-hybridized carbons (Fsp3) is 0.538. The number of carbonyl (C=O) groups excluding carboxylic acids is 5. The van der Waals surface area contributed by atoms with Crippen molar-refractivity contribution in [2.75, 3.05) is 25.0 Å². The van der Waals surface area contributed by atoms with Crippen LogP contribution in [-0.2, 0) is 37.3 Å². The Morgan fingerprint density at radius 1 is 1.03 bits per heavy atom. The van der Waals surface area contributed by atoms with Crippen molar-refractivity contribution in [2.45, 2.75) is 133 Å². The van der Waals surface area contributed by atoms with Crippen LogP contribution in [0.3, 0.4) is 0 Å². The van der Waals surface area contributed by atoms with E-state index in [9.17, 15) is 37.1 Å². The molecule has 17 heteroatoms. The van der Waals surface area contributed by atoms with Gasteiger partial charge in [0.1, 0.15) is 17.6 Å². The molecule has 4 N–H and O–H groups in total. The fourth-order valence-electron chi connectivity index (χ4n) is 12.6. The number of pyridine rings is 1. The topological polar surface area (TPSA) is 153 Å². The van der Waals surface area contributed by atoms with E-state index < -0.39 is 53.1 Å². The number of piperidine rings is 2. The molecule has 5 aliphatic heterocycles. The predicted octanol–water partition coefficient (Wildman–Crippen LogP) is 7.23. The number of rotatable bonds is 6. The number of nitrogens with zero attached hydrogens (tertiary/aromatic N) is 3. The molecule has 364 valence electrons. The van der Waals surface area contributed by atoms with Crippen molar-refractivity contribution in [3.8, 4) is 11.8 Å². The van der Waals surface area contributed by atoms with E-state index in [2.05, 4.69) is 38.1 Å². The summed E-state index contributed by atoms with van der Waals surface area (Å²) in [7, 11) is 0. The van der Waals surface area contributed by atoms with Gasteiger partial charge in [-0.25, -0.2) is 4.39 Å². The summed E-state index contributed by atoms with van der Waals surface area (Å²) in [5, 5.41) is 12.2. The van der Waals surface area contributed by atoms with Gasteiger partial charge in [0.05, 0.1) is 11.1 Å². The third-order valence-electron chi connectivity index (χ3n) is 16.1. The molecule has 10 rings (SSSR count). The lowest BCUT2D eigenvalue weighted by Gasteiger charge is -2.39. The second-order valence-corrected chi connectivity index (χ2v) is 22.0. The van der Waals surface area contributed by atoms with Gasteiger partial charge in [0.15, 0.2) is 0 Å². The second kappa shape index (κ2) is 17.4. The molecule has 1 aromatic heterocycles. The highest BCUT2D eigenvalue weighted by Crippen LogP contribution is 2.59. The maximum absolute atomic E-state index is 16.3. The maximum atomic E-state index is 16.3. The molecule has 1 unspecified atom stereocenters. The number of nitrogens with one attached hydrogen (secondary N) is 4. The molecule has 2 aromatic carbocycles. The third kappa shape index (κ3) is 8.55. The molecule has 0 radical (unpaired) electrons. The number of amides is 5. The number of hydrogen-bond acceptors (Lipinski definition) is 8. The van der Waals surface area contributed by atoms with Crippen LogP contribution in [0.25, 0.3) is 0 Å². The number of aromatic nitrogens is 1. The van der Waals surface area contributed by atoms with Gasteiger partial charge in [-0.3, -0.25) is 34.3 Å². The largest absolute Gasteiger partial charge is 0.433 e. The maximum Gasteiger partial charge on any atom is 0.433 e. The molecule has 3 saturated heterocycles. The van der Waals surface area contributed by atoms with Crippen LogP contribution >= 0.6 is 11.6 Å². The highest BCUT2D eigenvalue weighted by Gasteiger charge is 2.62. The van der Waals surface area contributed by atoms with Crippen molar-refractivity contribution in [2.24, 2.45) is 22.7 Å². The van der Waals surface area contributed by atoms with E-state index in [4.69, 9.17) is 11.6 Å². The molecule has 0 bridgehead atoms. The molecule has 12 nitrogen and oxygen atoms in total. The van der Waals surface area contributed by atoms with Crippen LogP contribution in [0, 0.1) is 40.3 Å². The zero-order valence-corrected chi connectivity index (χ0v) is 39.6. The zero-order valence-electron chi connectivity index (χ0n) is 38.8. The number of anilines is 1. The third-order valence-corrected chi connectivity index (χ3v) is 16.4. The predicted molar refractivity (Wildman–Crippen MR) is 248 cm³/mol. The van der Waals surface area contributed by atoms with E-state index in [1.165, 1.54) is 17.2 Å². The van der Waals surface area contributed by atoms with Crippen molar-refractivity contribution in [1.29, 1.82) is 0 Å². The van der Waals surface area contributed by atoms with E-state index in [0.717, 1.165) is 36.5 Å². The lowest BCUT2D eigenvalue weighted by atomic mass is 9.63. The first-order valence-corrected chi connectivity index (χ1v) is 24.5. The van der Waals surface area contributed by atoms with Crippen LogP contribution in [0.5, 0.6) is 0 Å². The van der Waals surface area contributed by atoms with Crippen LogP contribution in [0.4, 0.5) is 23.2 Å². The molecule has 5 fully saturated rings. The highest BCUT2D eigenvalue weighted by atomic mass is 35.5. The van der Waals surface area contributed by atoms with Crippen LogP contribution < -0.4 is 21.3 Å². The van der Waals surface area contributed by atoms with Crippen molar-refractivity contribution >= 4 is 46.8 Å². The Bertz CT molecular complexity index is 2710. The Balaban J connectivity index is 0.803. The van der Waals surface area contributed by atoms with E-state index >= 15 is 4.39 Å². The summed E-state index contributed by atoms with van der Waals surface area (Å²) < 4.78 is 57.9. The Morgan fingerprint density at radius 2 is 1.80 bits per heavy atom. The molecule has 7 atom stereocenters. The van der Waals surface area contributed by atoms with E-state index in [1.54, 1.807) is 24.3 Å².